The van der Waals surface area contributed by atoms with Crippen LogP contribution < -0.4 is 10.1 Å². The van der Waals surface area contributed by atoms with E-state index in [4.69, 9.17) is 9.47 Å². The van der Waals surface area contributed by atoms with Crippen LogP contribution in [0.15, 0.2) is 48.5 Å². The first-order valence-corrected chi connectivity index (χ1v) is 8.14. The van der Waals surface area contributed by atoms with Crippen molar-refractivity contribution in [2.75, 3.05) is 20.3 Å². The number of rotatable bonds is 7. The Hall–Kier alpha value is -2.82. The quantitative estimate of drug-likeness (QED) is 0.786. The molecule has 0 unspecified atom stereocenters. The lowest BCUT2D eigenvalue weighted by atomic mass is 10.0. The van der Waals surface area contributed by atoms with Gasteiger partial charge in [-0.15, -0.1) is 0 Å². The number of esters is 1. The van der Waals surface area contributed by atoms with Gasteiger partial charge < -0.3 is 14.8 Å². The summed E-state index contributed by atoms with van der Waals surface area (Å²) in [5.74, 6) is -0.305. The molecule has 5 nitrogen and oxygen atoms in total. The smallest absolute Gasteiger partial charge is 0.342 e. The molecule has 0 saturated carbocycles. The predicted molar refractivity (Wildman–Crippen MR) is 95.9 cm³/mol. The lowest BCUT2D eigenvalue weighted by Gasteiger charge is -2.13. The van der Waals surface area contributed by atoms with Gasteiger partial charge in [0.2, 0.25) is 0 Å². The van der Waals surface area contributed by atoms with E-state index in [2.05, 4.69) is 5.32 Å². The highest BCUT2D eigenvalue weighted by atomic mass is 16.5. The summed E-state index contributed by atoms with van der Waals surface area (Å²) >= 11 is 0. The number of carbonyl (C=O) groups excluding carboxylic acids is 2. The van der Waals surface area contributed by atoms with E-state index in [-0.39, 0.29) is 18.4 Å². The Morgan fingerprint density at radius 2 is 1.84 bits per heavy atom. The van der Waals surface area contributed by atoms with Crippen molar-refractivity contribution in [1.29, 1.82) is 0 Å². The number of nitrogens with one attached hydrogen (secondary N) is 1. The molecule has 1 amide bonds. The lowest BCUT2D eigenvalue weighted by Crippen LogP contribution is -2.31. The first-order chi connectivity index (χ1) is 12.0. The minimum absolute atomic E-state index is 0.178. The molecule has 0 aromatic heterocycles. The van der Waals surface area contributed by atoms with Gasteiger partial charge in [0.1, 0.15) is 11.3 Å². The average molecular weight is 341 g/mol. The molecule has 0 fully saturated rings. The molecular weight excluding hydrogens is 318 g/mol. The van der Waals surface area contributed by atoms with Crippen LogP contribution in [-0.4, -0.2) is 32.1 Å². The van der Waals surface area contributed by atoms with Crippen molar-refractivity contribution < 1.29 is 19.1 Å². The molecule has 25 heavy (non-hydrogen) atoms. The third-order valence-corrected chi connectivity index (χ3v) is 3.88. The van der Waals surface area contributed by atoms with Gasteiger partial charge in [0.25, 0.3) is 5.91 Å². The van der Waals surface area contributed by atoms with Crippen LogP contribution in [0.3, 0.4) is 0 Å². The average Bonchev–Trinajstić information content (AvgIpc) is 2.64. The second-order valence-electron chi connectivity index (χ2n) is 5.90. The fourth-order valence-electron chi connectivity index (χ4n) is 2.41. The molecule has 0 heterocycles. The molecule has 0 saturated heterocycles. The Balaban J connectivity index is 1.84. The molecule has 132 valence electrons. The van der Waals surface area contributed by atoms with Crippen molar-refractivity contribution >= 4 is 11.9 Å². The fourth-order valence-corrected chi connectivity index (χ4v) is 2.41. The van der Waals surface area contributed by atoms with E-state index in [1.54, 1.807) is 12.1 Å². The van der Waals surface area contributed by atoms with Gasteiger partial charge in [-0.3, -0.25) is 4.79 Å². The van der Waals surface area contributed by atoms with Gasteiger partial charge in [0.05, 0.1) is 7.11 Å². The zero-order valence-electron chi connectivity index (χ0n) is 14.7. The summed E-state index contributed by atoms with van der Waals surface area (Å²) in [6, 6.07) is 15.1. The van der Waals surface area contributed by atoms with Crippen LogP contribution in [0.1, 0.15) is 34.3 Å². The van der Waals surface area contributed by atoms with Gasteiger partial charge in [-0.25, -0.2) is 4.79 Å². The summed E-state index contributed by atoms with van der Waals surface area (Å²) in [7, 11) is 1.49. The SMILES string of the molecule is COc1ccc(C)cc1C(=O)OCC(=O)NC[C@H](C)c1ccccc1. The third-order valence-electron chi connectivity index (χ3n) is 3.88. The summed E-state index contributed by atoms with van der Waals surface area (Å²) in [6.45, 7) is 4.05. The summed E-state index contributed by atoms with van der Waals surface area (Å²) < 4.78 is 10.2. The van der Waals surface area contributed by atoms with Crippen molar-refractivity contribution in [2.45, 2.75) is 19.8 Å². The Morgan fingerprint density at radius 1 is 1.12 bits per heavy atom. The largest absolute Gasteiger partial charge is 0.496 e. The van der Waals surface area contributed by atoms with E-state index in [1.807, 2.05) is 50.2 Å². The fraction of sp³-hybridized carbons (Fsp3) is 0.300. The van der Waals surface area contributed by atoms with Gasteiger partial charge in [-0.1, -0.05) is 48.9 Å². The van der Waals surface area contributed by atoms with Crippen LogP contribution in [0.25, 0.3) is 0 Å². The summed E-state index contributed by atoms with van der Waals surface area (Å²) in [4.78, 5) is 24.1. The molecule has 0 radical (unpaired) electrons. The van der Waals surface area contributed by atoms with E-state index in [0.29, 0.717) is 17.9 Å². The van der Waals surface area contributed by atoms with Crippen LogP contribution in [-0.2, 0) is 9.53 Å². The topological polar surface area (TPSA) is 64.6 Å². The highest BCUT2D eigenvalue weighted by Crippen LogP contribution is 2.20. The van der Waals surface area contributed by atoms with Crippen molar-refractivity contribution in [3.05, 3.63) is 65.2 Å². The van der Waals surface area contributed by atoms with Gasteiger partial charge in [-0.2, -0.15) is 0 Å². The van der Waals surface area contributed by atoms with Crippen LogP contribution >= 0.6 is 0 Å². The Morgan fingerprint density at radius 3 is 2.52 bits per heavy atom. The third kappa shape index (κ3) is 5.35. The standard InChI is InChI=1S/C20H23NO4/c1-14-9-10-18(24-3)17(11-14)20(23)25-13-19(22)21-12-15(2)16-7-5-4-6-8-16/h4-11,15H,12-13H2,1-3H3,(H,21,22)/t15-/m0/s1. The van der Waals surface area contributed by atoms with Crippen molar-refractivity contribution in [3.8, 4) is 5.75 Å². The number of methoxy groups -OCH3 is 1. The Kier molecular flexibility index (Phi) is 6.57. The second-order valence-corrected chi connectivity index (χ2v) is 5.90. The normalized spacial score (nSPS) is 11.5. The summed E-state index contributed by atoms with van der Waals surface area (Å²) in [6.07, 6.45) is 0. The molecule has 2 aromatic carbocycles. The minimum Gasteiger partial charge on any atom is -0.496 e. The first kappa shape index (κ1) is 18.5. The van der Waals surface area contributed by atoms with Gasteiger partial charge in [-0.05, 0) is 30.5 Å². The zero-order valence-corrected chi connectivity index (χ0v) is 14.7. The second kappa shape index (κ2) is 8.87. The van der Waals surface area contributed by atoms with Gasteiger partial charge in [0.15, 0.2) is 6.61 Å². The predicted octanol–water partition coefficient (Wildman–Crippen LogP) is 3.08. The van der Waals surface area contributed by atoms with Crippen molar-refractivity contribution in [1.82, 2.24) is 5.32 Å². The Labute approximate surface area is 148 Å². The molecule has 0 bridgehead atoms. The molecule has 5 heteroatoms. The number of aryl methyl sites for hydroxylation is 1. The summed E-state index contributed by atoms with van der Waals surface area (Å²) in [5, 5.41) is 2.78. The van der Waals surface area contributed by atoms with Crippen LogP contribution in [0.4, 0.5) is 0 Å². The molecule has 2 aromatic rings. The molecule has 0 aliphatic heterocycles. The number of amides is 1. The highest BCUT2D eigenvalue weighted by Gasteiger charge is 2.16. The van der Waals surface area contributed by atoms with E-state index < -0.39 is 5.97 Å². The number of benzene rings is 2. The number of ether oxygens (including phenoxy) is 2. The van der Waals surface area contributed by atoms with Gasteiger partial charge >= 0.3 is 5.97 Å². The molecule has 2 rings (SSSR count). The molecule has 1 atom stereocenters. The molecule has 0 aliphatic rings. The summed E-state index contributed by atoms with van der Waals surface area (Å²) in [5.41, 5.74) is 2.37. The maximum atomic E-state index is 12.2. The van der Waals surface area contributed by atoms with Crippen molar-refractivity contribution in [2.24, 2.45) is 0 Å². The van der Waals surface area contributed by atoms with E-state index in [0.717, 1.165) is 11.1 Å². The number of hydrogen-bond acceptors (Lipinski definition) is 4. The first-order valence-electron chi connectivity index (χ1n) is 8.14. The number of hydrogen-bond donors (Lipinski definition) is 1. The van der Waals surface area contributed by atoms with Crippen LogP contribution in [0.5, 0.6) is 5.75 Å². The zero-order chi connectivity index (χ0) is 18.2. The maximum Gasteiger partial charge on any atom is 0.342 e. The maximum absolute atomic E-state index is 12.2. The van der Waals surface area contributed by atoms with Crippen LogP contribution in [0, 0.1) is 6.92 Å². The molecule has 0 spiro atoms. The van der Waals surface area contributed by atoms with Crippen molar-refractivity contribution in [3.63, 3.8) is 0 Å². The Bertz CT molecular complexity index is 728. The van der Waals surface area contributed by atoms with E-state index >= 15 is 0 Å². The van der Waals surface area contributed by atoms with Gasteiger partial charge in [0, 0.05) is 6.54 Å². The molecular formula is C20H23NO4. The lowest BCUT2D eigenvalue weighted by molar-refractivity contribution is -0.124. The van der Waals surface area contributed by atoms with Crippen LogP contribution in [0.2, 0.25) is 0 Å². The number of carbonyl (C=O) groups is 2. The van der Waals surface area contributed by atoms with E-state index in [9.17, 15) is 9.59 Å². The minimum atomic E-state index is -0.577. The highest BCUT2D eigenvalue weighted by molar-refractivity contribution is 5.94. The molecule has 1 N–H and O–H groups in total. The van der Waals surface area contributed by atoms with E-state index in [1.165, 1.54) is 7.11 Å². The monoisotopic (exact) mass is 341 g/mol. The molecule has 0 aliphatic carbocycles.